The van der Waals surface area contributed by atoms with Crippen LogP contribution in [0.3, 0.4) is 0 Å². The fourth-order valence-electron chi connectivity index (χ4n) is 2.91. The Morgan fingerprint density at radius 3 is 2.48 bits per heavy atom. The second-order valence-corrected chi connectivity index (χ2v) is 6.44. The minimum absolute atomic E-state index is 0.0126. The van der Waals surface area contributed by atoms with Crippen molar-refractivity contribution in [2.24, 2.45) is 0 Å². The maximum atomic E-state index is 13.3. The molecule has 8 heteroatoms. The summed E-state index contributed by atoms with van der Waals surface area (Å²) in [6.07, 6.45) is 2.06. The highest BCUT2D eigenvalue weighted by Gasteiger charge is 2.33. The third kappa shape index (κ3) is 4.46. The minimum atomic E-state index is -1.34. The van der Waals surface area contributed by atoms with Crippen molar-refractivity contribution in [3.05, 3.63) is 75.1 Å². The highest BCUT2D eigenvalue weighted by molar-refractivity contribution is 5.98. The fourth-order valence-corrected chi connectivity index (χ4v) is 2.91. The van der Waals surface area contributed by atoms with E-state index in [4.69, 9.17) is 5.11 Å². The molecule has 27 heavy (non-hydrogen) atoms. The second kappa shape index (κ2) is 7.53. The SMILES string of the molecule is O=C(O)c1cc(C(=O)N(CCc2cccc(F)c2)C2CC2)cc([N+](=O)[O-])c1. The van der Waals surface area contributed by atoms with Crippen LogP contribution in [-0.2, 0) is 6.42 Å². The molecule has 3 rings (SSSR count). The van der Waals surface area contributed by atoms with Crippen molar-refractivity contribution in [3.63, 3.8) is 0 Å². The van der Waals surface area contributed by atoms with E-state index >= 15 is 0 Å². The number of carboxylic acid groups (broad SMARTS) is 1. The van der Waals surface area contributed by atoms with Gasteiger partial charge in [0.2, 0.25) is 0 Å². The van der Waals surface area contributed by atoms with Gasteiger partial charge in [0.05, 0.1) is 10.5 Å². The Bertz CT molecular complexity index is 878. The predicted octanol–water partition coefficient (Wildman–Crippen LogP) is 3.28. The highest BCUT2D eigenvalue weighted by Crippen LogP contribution is 2.29. The van der Waals surface area contributed by atoms with Gasteiger partial charge in [-0.3, -0.25) is 14.9 Å². The molecule has 0 spiro atoms. The largest absolute Gasteiger partial charge is 0.478 e. The average Bonchev–Trinajstić information content (AvgIpc) is 3.46. The molecule has 1 aliphatic rings. The monoisotopic (exact) mass is 372 g/mol. The number of benzene rings is 2. The normalized spacial score (nSPS) is 13.2. The third-order valence-electron chi connectivity index (χ3n) is 4.40. The summed E-state index contributed by atoms with van der Waals surface area (Å²) in [7, 11) is 0. The lowest BCUT2D eigenvalue weighted by Gasteiger charge is -2.22. The van der Waals surface area contributed by atoms with Crippen molar-refractivity contribution < 1.29 is 24.0 Å². The number of carbonyl (C=O) groups is 2. The van der Waals surface area contributed by atoms with Gasteiger partial charge in [0.15, 0.2) is 0 Å². The van der Waals surface area contributed by atoms with Gasteiger partial charge in [-0.05, 0) is 43.0 Å². The molecule has 0 aromatic heterocycles. The number of amides is 1. The molecule has 0 atom stereocenters. The van der Waals surface area contributed by atoms with E-state index in [1.807, 2.05) is 0 Å². The lowest BCUT2D eigenvalue weighted by molar-refractivity contribution is -0.384. The number of carboxylic acids is 1. The van der Waals surface area contributed by atoms with Crippen LogP contribution < -0.4 is 0 Å². The van der Waals surface area contributed by atoms with Crippen LogP contribution in [0.2, 0.25) is 0 Å². The topological polar surface area (TPSA) is 101 Å². The summed E-state index contributed by atoms with van der Waals surface area (Å²) in [6, 6.07) is 9.26. The summed E-state index contributed by atoms with van der Waals surface area (Å²) in [4.78, 5) is 36.0. The summed E-state index contributed by atoms with van der Waals surface area (Å²) in [5, 5.41) is 20.2. The first-order chi connectivity index (χ1) is 12.8. The van der Waals surface area contributed by atoms with E-state index in [-0.39, 0.29) is 23.0 Å². The van der Waals surface area contributed by atoms with E-state index < -0.39 is 22.5 Å². The molecular weight excluding hydrogens is 355 g/mol. The third-order valence-corrected chi connectivity index (χ3v) is 4.40. The Kier molecular flexibility index (Phi) is 5.16. The summed E-state index contributed by atoms with van der Waals surface area (Å²) in [6.45, 7) is 0.318. The molecule has 1 aliphatic carbocycles. The molecule has 0 heterocycles. The van der Waals surface area contributed by atoms with Gasteiger partial charge in [0.25, 0.3) is 11.6 Å². The number of halogens is 1. The van der Waals surface area contributed by atoms with Crippen LogP contribution in [0.5, 0.6) is 0 Å². The van der Waals surface area contributed by atoms with Crippen LogP contribution in [0.4, 0.5) is 10.1 Å². The van der Waals surface area contributed by atoms with Crippen molar-refractivity contribution >= 4 is 17.6 Å². The van der Waals surface area contributed by atoms with Gasteiger partial charge in [0.1, 0.15) is 5.82 Å². The van der Waals surface area contributed by atoms with Gasteiger partial charge in [0, 0.05) is 30.3 Å². The first kappa shape index (κ1) is 18.5. The summed E-state index contributed by atoms with van der Waals surface area (Å²) in [5.74, 6) is -2.16. The Hall–Kier alpha value is -3.29. The fraction of sp³-hybridized carbons (Fsp3) is 0.263. The number of aromatic carboxylic acids is 1. The lowest BCUT2D eigenvalue weighted by atomic mass is 10.1. The molecule has 2 aromatic rings. The van der Waals surface area contributed by atoms with E-state index in [0.717, 1.165) is 36.6 Å². The van der Waals surface area contributed by atoms with E-state index in [1.54, 1.807) is 17.0 Å². The number of carbonyl (C=O) groups excluding carboxylic acids is 1. The number of non-ortho nitro benzene ring substituents is 1. The molecule has 0 radical (unpaired) electrons. The molecule has 0 aliphatic heterocycles. The molecule has 0 bridgehead atoms. The minimum Gasteiger partial charge on any atom is -0.478 e. The molecule has 1 N–H and O–H groups in total. The van der Waals surface area contributed by atoms with Crippen LogP contribution in [0.25, 0.3) is 0 Å². The van der Waals surface area contributed by atoms with Crippen LogP contribution >= 0.6 is 0 Å². The van der Waals surface area contributed by atoms with E-state index in [2.05, 4.69) is 0 Å². The molecular formula is C19H17FN2O5. The molecule has 7 nitrogen and oxygen atoms in total. The van der Waals surface area contributed by atoms with Crippen molar-refractivity contribution in [1.29, 1.82) is 0 Å². The number of nitro benzene ring substituents is 1. The van der Waals surface area contributed by atoms with Crippen molar-refractivity contribution in [2.75, 3.05) is 6.54 Å². The average molecular weight is 372 g/mol. The molecule has 2 aromatic carbocycles. The molecule has 1 saturated carbocycles. The van der Waals surface area contributed by atoms with Crippen LogP contribution in [0.1, 0.15) is 39.1 Å². The Morgan fingerprint density at radius 2 is 1.89 bits per heavy atom. The number of nitro groups is 1. The number of hydrogen-bond acceptors (Lipinski definition) is 4. The van der Waals surface area contributed by atoms with Gasteiger partial charge in [-0.15, -0.1) is 0 Å². The smallest absolute Gasteiger partial charge is 0.335 e. The Morgan fingerprint density at radius 1 is 1.19 bits per heavy atom. The quantitative estimate of drug-likeness (QED) is 0.594. The Balaban J connectivity index is 1.84. The van der Waals surface area contributed by atoms with Gasteiger partial charge in [-0.2, -0.15) is 0 Å². The summed E-state index contributed by atoms with van der Waals surface area (Å²) < 4.78 is 13.3. The van der Waals surface area contributed by atoms with E-state index in [9.17, 15) is 24.1 Å². The molecule has 1 fully saturated rings. The van der Waals surface area contributed by atoms with Crippen molar-refractivity contribution in [2.45, 2.75) is 25.3 Å². The van der Waals surface area contributed by atoms with Gasteiger partial charge in [-0.1, -0.05) is 12.1 Å². The van der Waals surface area contributed by atoms with Crippen LogP contribution in [0.15, 0.2) is 42.5 Å². The number of hydrogen-bond donors (Lipinski definition) is 1. The summed E-state index contributed by atoms with van der Waals surface area (Å²) in [5.41, 5.74) is -0.0565. The molecule has 140 valence electrons. The van der Waals surface area contributed by atoms with Gasteiger partial charge < -0.3 is 10.0 Å². The summed E-state index contributed by atoms with van der Waals surface area (Å²) >= 11 is 0. The zero-order valence-electron chi connectivity index (χ0n) is 14.3. The molecule has 1 amide bonds. The molecule has 0 unspecified atom stereocenters. The lowest BCUT2D eigenvalue weighted by Crippen LogP contribution is -2.35. The Labute approximate surface area is 154 Å². The first-order valence-corrected chi connectivity index (χ1v) is 8.43. The number of rotatable bonds is 7. The highest BCUT2D eigenvalue weighted by atomic mass is 19.1. The van der Waals surface area contributed by atoms with Crippen molar-refractivity contribution in [3.8, 4) is 0 Å². The zero-order chi connectivity index (χ0) is 19.6. The maximum absolute atomic E-state index is 13.3. The first-order valence-electron chi connectivity index (χ1n) is 8.43. The zero-order valence-corrected chi connectivity index (χ0v) is 14.3. The maximum Gasteiger partial charge on any atom is 0.335 e. The predicted molar refractivity (Wildman–Crippen MR) is 94.2 cm³/mol. The van der Waals surface area contributed by atoms with E-state index in [1.165, 1.54) is 12.1 Å². The molecule has 0 saturated heterocycles. The van der Waals surface area contributed by atoms with Gasteiger partial charge >= 0.3 is 5.97 Å². The van der Waals surface area contributed by atoms with Gasteiger partial charge in [-0.25, -0.2) is 9.18 Å². The van der Waals surface area contributed by atoms with E-state index in [0.29, 0.717) is 13.0 Å². The van der Waals surface area contributed by atoms with Crippen LogP contribution in [-0.4, -0.2) is 39.4 Å². The second-order valence-electron chi connectivity index (χ2n) is 6.44. The number of nitrogens with zero attached hydrogens (tertiary/aromatic N) is 2. The standard InChI is InChI=1S/C19H17FN2O5/c20-15-3-1-2-12(8-15)6-7-21(16-4-5-16)18(23)13-9-14(19(24)25)11-17(10-13)22(26)27/h1-3,8-11,16H,4-7H2,(H,24,25). The van der Waals surface area contributed by atoms with Crippen molar-refractivity contribution in [1.82, 2.24) is 4.90 Å². The van der Waals surface area contributed by atoms with Crippen LogP contribution in [0, 0.1) is 15.9 Å².